The molecule has 1 saturated heterocycles. The van der Waals surface area contributed by atoms with E-state index in [2.05, 4.69) is 4.90 Å². The van der Waals surface area contributed by atoms with Gasteiger partial charge in [0.2, 0.25) is 0 Å². The smallest absolute Gasteiger partial charge is 0.303 e. The summed E-state index contributed by atoms with van der Waals surface area (Å²) < 4.78 is 0. The molecule has 0 aromatic rings. The predicted molar refractivity (Wildman–Crippen MR) is 65.8 cm³/mol. The van der Waals surface area contributed by atoms with Gasteiger partial charge in [-0.3, -0.25) is 9.69 Å². The fourth-order valence-corrected chi connectivity index (χ4v) is 2.34. The standard InChI is InChI=1S/C11H17Cl2NO2/c12-6-10(13)8-14-5-1-2-9(7-14)3-4-11(15)16/h6,9H,1-5,7-8H2,(H,15,16). The molecule has 0 bridgehead atoms. The Morgan fingerprint density at radius 1 is 1.56 bits per heavy atom. The highest BCUT2D eigenvalue weighted by atomic mass is 35.5. The quantitative estimate of drug-likeness (QED) is 0.831. The number of hydrogen-bond donors (Lipinski definition) is 1. The predicted octanol–water partition coefficient (Wildman–Crippen LogP) is 2.88. The molecule has 1 unspecified atom stereocenters. The molecular weight excluding hydrogens is 249 g/mol. The first-order valence-electron chi connectivity index (χ1n) is 5.50. The number of carboxylic acids is 1. The lowest BCUT2D eigenvalue weighted by Gasteiger charge is -2.32. The fraction of sp³-hybridized carbons (Fsp3) is 0.727. The van der Waals surface area contributed by atoms with E-state index >= 15 is 0 Å². The molecule has 0 radical (unpaired) electrons. The molecule has 3 nitrogen and oxygen atoms in total. The zero-order chi connectivity index (χ0) is 12.0. The second kappa shape index (κ2) is 7.15. The van der Waals surface area contributed by atoms with Crippen LogP contribution in [-0.4, -0.2) is 35.6 Å². The second-order valence-electron chi connectivity index (χ2n) is 4.23. The van der Waals surface area contributed by atoms with Crippen molar-refractivity contribution in [3.8, 4) is 0 Å². The molecule has 16 heavy (non-hydrogen) atoms. The number of hydrogen-bond acceptors (Lipinski definition) is 2. The van der Waals surface area contributed by atoms with Crippen LogP contribution in [0.5, 0.6) is 0 Å². The van der Waals surface area contributed by atoms with Gasteiger partial charge in [-0.05, 0) is 31.7 Å². The van der Waals surface area contributed by atoms with Crippen LogP contribution in [0.15, 0.2) is 10.6 Å². The molecule has 1 aliphatic rings. The summed E-state index contributed by atoms with van der Waals surface area (Å²) in [5.41, 5.74) is 1.39. The topological polar surface area (TPSA) is 40.5 Å². The molecule has 1 atom stereocenters. The molecular formula is C11H17Cl2NO2. The van der Waals surface area contributed by atoms with E-state index in [0.29, 0.717) is 17.5 Å². The van der Waals surface area contributed by atoms with Gasteiger partial charge in [-0.15, -0.1) is 0 Å². The van der Waals surface area contributed by atoms with Gasteiger partial charge in [0.25, 0.3) is 0 Å². The van der Waals surface area contributed by atoms with Crippen molar-refractivity contribution in [2.24, 2.45) is 5.92 Å². The van der Waals surface area contributed by atoms with E-state index in [1.54, 1.807) is 0 Å². The maximum Gasteiger partial charge on any atom is 0.303 e. The van der Waals surface area contributed by atoms with Crippen molar-refractivity contribution in [3.63, 3.8) is 0 Å². The normalized spacial score (nSPS) is 23.4. The van der Waals surface area contributed by atoms with Crippen LogP contribution in [0, 0.1) is 5.92 Å². The zero-order valence-corrected chi connectivity index (χ0v) is 10.7. The molecule has 5 heteroatoms. The van der Waals surface area contributed by atoms with Crippen LogP contribution >= 0.6 is 23.2 Å². The molecule has 0 saturated carbocycles. The van der Waals surface area contributed by atoms with Gasteiger partial charge < -0.3 is 5.11 Å². The van der Waals surface area contributed by atoms with Crippen molar-refractivity contribution in [3.05, 3.63) is 10.6 Å². The minimum Gasteiger partial charge on any atom is -0.481 e. The molecule has 92 valence electrons. The van der Waals surface area contributed by atoms with Crippen molar-refractivity contribution in [1.82, 2.24) is 4.90 Å². The summed E-state index contributed by atoms with van der Waals surface area (Å²) in [7, 11) is 0. The van der Waals surface area contributed by atoms with E-state index in [1.807, 2.05) is 0 Å². The van der Waals surface area contributed by atoms with E-state index in [0.717, 1.165) is 32.4 Å². The number of aliphatic carboxylic acids is 1. The number of piperidine rings is 1. The Bertz CT molecular complexity index is 269. The average Bonchev–Trinajstić information content (AvgIpc) is 2.26. The number of likely N-dealkylation sites (tertiary alicyclic amines) is 1. The summed E-state index contributed by atoms with van der Waals surface area (Å²) in [6.45, 7) is 2.62. The average molecular weight is 266 g/mol. The van der Waals surface area contributed by atoms with Crippen molar-refractivity contribution in [2.45, 2.75) is 25.7 Å². The van der Waals surface area contributed by atoms with Gasteiger partial charge in [0.1, 0.15) is 0 Å². The molecule has 1 N–H and O–H groups in total. The molecule has 1 rings (SSSR count). The minimum atomic E-state index is -0.712. The summed E-state index contributed by atoms with van der Waals surface area (Å²) in [4.78, 5) is 12.7. The third kappa shape index (κ3) is 5.19. The number of carboxylic acid groups (broad SMARTS) is 1. The summed E-state index contributed by atoms with van der Waals surface area (Å²) in [5.74, 6) is -0.236. The monoisotopic (exact) mass is 265 g/mol. The highest BCUT2D eigenvalue weighted by molar-refractivity contribution is 6.36. The molecule has 0 amide bonds. The van der Waals surface area contributed by atoms with E-state index in [-0.39, 0.29) is 6.42 Å². The lowest BCUT2D eigenvalue weighted by atomic mass is 9.93. The molecule has 0 aliphatic carbocycles. The molecule has 0 aromatic carbocycles. The van der Waals surface area contributed by atoms with Gasteiger partial charge in [-0.1, -0.05) is 23.2 Å². The maximum atomic E-state index is 10.5. The Balaban J connectivity index is 2.32. The van der Waals surface area contributed by atoms with Gasteiger partial charge in [0, 0.05) is 30.1 Å². The Morgan fingerprint density at radius 3 is 2.94 bits per heavy atom. The van der Waals surface area contributed by atoms with Crippen LogP contribution in [0.1, 0.15) is 25.7 Å². The lowest BCUT2D eigenvalue weighted by Crippen LogP contribution is -2.36. The minimum absolute atomic E-state index is 0.261. The summed E-state index contributed by atoms with van der Waals surface area (Å²) in [6.07, 6.45) is 3.24. The van der Waals surface area contributed by atoms with Crippen molar-refractivity contribution in [1.29, 1.82) is 0 Å². The third-order valence-corrected chi connectivity index (χ3v) is 3.47. The van der Waals surface area contributed by atoms with Crippen LogP contribution < -0.4 is 0 Å². The van der Waals surface area contributed by atoms with Crippen LogP contribution in [0.2, 0.25) is 0 Å². The second-order valence-corrected chi connectivity index (χ2v) is 4.94. The van der Waals surface area contributed by atoms with Gasteiger partial charge in [-0.25, -0.2) is 0 Å². The number of halogens is 2. The SMILES string of the molecule is O=C(O)CCC1CCCN(CC(Cl)=CCl)C1. The van der Waals surface area contributed by atoms with E-state index in [4.69, 9.17) is 28.3 Å². The van der Waals surface area contributed by atoms with Crippen molar-refractivity contribution in [2.75, 3.05) is 19.6 Å². The number of carbonyl (C=O) groups is 1. The maximum absolute atomic E-state index is 10.5. The Hall–Kier alpha value is -0.250. The summed E-state index contributed by atoms with van der Waals surface area (Å²) in [5, 5.41) is 9.27. The molecule has 0 aromatic heterocycles. The first-order chi connectivity index (χ1) is 7.61. The Kier molecular flexibility index (Phi) is 6.17. The van der Waals surface area contributed by atoms with E-state index in [1.165, 1.54) is 5.54 Å². The van der Waals surface area contributed by atoms with Gasteiger partial charge in [-0.2, -0.15) is 0 Å². The van der Waals surface area contributed by atoms with Crippen LogP contribution in [0.25, 0.3) is 0 Å². The zero-order valence-electron chi connectivity index (χ0n) is 9.16. The Labute approximate surface area is 106 Å². The van der Waals surface area contributed by atoms with Crippen molar-refractivity contribution < 1.29 is 9.90 Å². The van der Waals surface area contributed by atoms with Crippen LogP contribution in [0.4, 0.5) is 0 Å². The Morgan fingerprint density at radius 2 is 2.31 bits per heavy atom. The van der Waals surface area contributed by atoms with Gasteiger partial charge in [0.15, 0.2) is 0 Å². The van der Waals surface area contributed by atoms with Crippen LogP contribution in [-0.2, 0) is 4.79 Å². The molecule has 0 spiro atoms. The highest BCUT2D eigenvalue weighted by Crippen LogP contribution is 2.22. The number of nitrogens with zero attached hydrogens (tertiary/aromatic N) is 1. The lowest BCUT2D eigenvalue weighted by molar-refractivity contribution is -0.137. The van der Waals surface area contributed by atoms with Crippen LogP contribution in [0.3, 0.4) is 0 Å². The van der Waals surface area contributed by atoms with E-state index in [9.17, 15) is 4.79 Å². The fourth-order valence-electron chi connectivity index (χ4n) is 2.11. The number of rotatable bonds is 5. The first kappa shape index (κ1) is 13.8. The summed E-state index contributed by atoms with van der Waals surface area (Å²) >= 11 is 11.4. The van der Waals surface area contributed by atoms with Gasteiger partial charge in [0.05, 0.1) is 0 Å². The first-order valence-corrected chi connectivity index (χ1v) is 6.32. The molecule has 1 fully saturated rings. The van der Waals surface area contributed by atoms with Crippen molar-refractivity contribution >= 4 is 29.2 Å². The molecule has 1 heterocycles. The molecule has 1 aliphatic heterocycles. The summed E-state index contributed by atoms with van der Waals surface area (Å²) in [6, 6.07) is 0. The third-order valence-electron chi connectivity index (χ3n) is 2.86. The highest BCUT2D eigenvalue weighted by Gasteiger charge is 2.20. The van der Waals surface area contributed by atoms with E-state index < -0.39 is 5.97 Å². The van der Waals surface area contributed by atoms with Gasteiger partial charge >= 0.3 is 5.97 Å². The largest absolute Gasteiger partial charge is 0.481 e.